The number of carbonyl (C=O) groups excluding carboxylic acids is 1. The maximum atomic E-state index is 12.3. The summed E-state index contributed by atoms with van der Waals surface area (Å²) in [6.45, 7) is 0. The first-order valence-corrected chi connectivity index (χ1v) is 6.90. The molecule has 1 aromatic heterocycles. The van der Waals surface area contributed by atoms with E-state index in [0.29, 0.717) is 27.7 Å². The van der Waals surface area contributed by atoms with Crippen LogP contribution in [-0.2, 0) is 0 Å². The summed E-state index contributed by atoms with van der Waals surface area (Å²) in [6, 6.07) is 15.5. The number of nitrogens with two attached hydrogens (primary N) is 1. The third-order valence-electron chi connectivity index (χ3n) is 3.39. The third kappa shape index (κ3) is 3.28. The number of rotatable bonds is 2. The number of aromatic hydroxyl groups is 1. The Hall–Kier alpha value is -3.12. The van der Waals surface area contributed by atoms with E-state index in [1.165, 1.54) is 0 Å². The van der Waals surface area contributed by atoms with Crippen LogP contribution in [0, 0.1) is 5.41 Å². The molecule has 7 heteroatoms. The first-order chi connectivity index (χ1) is 11.1. The van der Waals surface area contributed by atoms with Gasteiger partial charge in [-0.15, -0.1) is 12.4 Å². The molecule has 122 valence electrons. The maximum absolute atomic E-state index is 12.3. The Morgan fingerprint density at radius 3 is 2.50 bits per heavy atom. The van der Waals surface area contributed by atoms with E-state index in [9.17, 15) is 9.90 Å². The summed E-state index contributed by atoms with van der Waals surface area (Å²) in [6.07, 6.45) is 0. The molecule has 0 aliphatic rings. The van der Waals surface area contributed by atoms with E-state index < -0.39 is 11.9 Å². The molecule has 2 aromatic carbocycles. The fraction of sp³-hybridized carbons (Fsp3) is 0. The highest BCUT2D eigenvalue weighted by Gasteiger charge is 2.15. The smallest absolute Gasteiger partial charge is 0.258 e. The topological polar surface area (TPSA) is 112 Å². The van der Waals surface area contributed by atoms with Crippen LogP contribution in [0.3, 0.4) is 0 Å². The van der Waals surface area contributed by atoms with Gasteiger partial charge in [-0.25, -0.2) is 4.98 Å². The number of para-hydroxylation sites is 2. The molecular formula is C17H15ClN4O2. The minimum Gasteiger partial charge on any atom is -0.507 e. The zero-order valence-electron chi connectivity index (χ0n) is 12.5. The largest absolute Gasteiger partial charge is 0.507 e. The molecule has 3 aromatic rings. The molecule has 0 spiro atoms. The molecule has 0 radical (unpaired) electrons. The number of nitrogens with one attached hydrogen (secondary N) is 2. The summed E-state index contributed by atoms with van der Waals surface area (Å²) in [5, 5.41) is 20.2. The molecule has 0 fully saturated rings. The van der Waals surface area contributed by atoms with Crippen LogP contribution in [0.15, 0.2) is 54.6 Å². The quantitative estimate of drug-likeness (QED) is 0.423. The van der Waals surface area contributed by atoms with Gasteiger partial charge in [-0.05, 0) is 24.3 Å². The van der Waals surface area contributed by atoms with Gasteiger partial charge in [-0.2, -0.15) is 0 Å². The summed E-state index contributed by atoms with van der Waals surface area (Å²) in [5.41, 5.74) is 7.19. The summed E-state index contributed by atoms with van der Waals surface area (Å²) in [4.78, 5) is 16.8. The Labute approximate surface area is 144 Å². The number of hydrogen-bond acceptors (Lipinski definition) is 4. The van der Waals surface area contributed by atoms with Crippen molar-refractivity contribution in [1.82, 2.24) is 10.3 Å². The van der Waals surface area contributed by atoms with Gasteiger partial charge in [-0.1, -0.05) is 30.3 Å². The normalized spacial score (nSPS) is 10.0. The average Bonchev–Trinajstić information content (AvgIpc) is 2.53. The standard InChI is InChI=1S/C17H14N4O2.ClH/c18-17(19)21-16(23)12-9-14(11-6-2-4-8-15(11)22)20-13-7-3-1-5-10(12)13;/h1-9,22H,(H4,18,19,21,23);1H. The molecule has 0 saturated carbocycles. The predicted octanol–water partition coefficient (Wildman–Crippen LogP) is 2.65. The van der Waals surface area contributed by atoms with Crippen molar-refractivity contribution in [2.24, 2.45) is 5.73 Å². The van der Waals surface area contributed by atoms with Gasteiger partial charge in [0.25, 0.3) is 5.91 Å². The van der Waals surface area contributed by atoms with E-state index in [1.807, 2.05) is 6.07 Å². The molecule has 0 bridgehead atoms. The number of pyridine rings is 1. The summed E-state index contributed by atoms with van der Waals surface area (Å²) < 4.78 is 0. The fourth-order valence-electron chi connectivity index (χ4n) is 2.38. The molecule has 24 heavy (non-hydrogen) atoms. The van der Waals surface area contributed by atoms with Crippen LogP contribution in [0.25, 0.3) is 22.2 Å². The molecule has 0 aliphatic heterocycles. The first-order valence-electron chi connectivity index (χ1n) is 6.90. The first kappa shape index (κ1) is 17.2. The Kier molecular flexibility index (Phi) is 5.01. The Balaban J connectivity index is 0.00000208. The van der Waals surface area contributed by atoms with Crippen LogP contribution in [0.5, 0.6) is 5.75 Å². The number of amides is 1. The number of guanidine groups is 1. The molecule has 0 unspecified atom stereocenters. The Bertz CT molecular complexity index is 927. The number of phenolic OH excluding ortho intramolecular Hbond substituents is 1. The molecule has 1 heterocycles. The number of carbonyl (C=O) groups is 1. The number of fused-ring (bicyclic) bond motifs is 1. The van der Waals surface area contributed by atoms with Crippen molar-refractivity contribution in [2.75, 3.05) is 0 Å². The molecule has 0 aliphatic carbocycles. The van der Waals surface area contributed by atoms with Crippen LogP contribution in [-0.4, -0.2) is 22.0 Å². The van der Waals surface area contributed by atoms with E-state index in [4.69, 9.17) is 11.1 Å². The van der Waals surface area contributed by atoms with E-state index >= 15 is 0 Å². The molecule has 0 saturated heterocycles. The van der Waals surface area contributed by atoms with Crippen molar-refractivity contribution < 1.29 is 9.90 Å². The zero-order chi connectivity index (χ0) is 16.4. The minimum atomic E-state index is -0.493. The molecular weight excluding hydrogens is 328 g/mol. The van der Waals surface area contributed by atoms with Gasteiger partial charge < -0.3 is 10.8 Å². The highest BCUT2D eigenvalue weighted by molar-refractivity contribution is 6.12. The number of aromatic nitrogens is 1. The number of nitrogens with zero attached hydrogens (tertiary/aromatic N) is 1. The third-order valence-corrected chi connectivity index (χ3v) is 3.39. The second-order valence-electron chi connectivity index (χ2n) is 4.96. The van der Waals surface area contributed by atoms with Crippen LogP contribution in [0.4, 0.5) is 0 Å². The summed E-state index contributed by atoms with van der Waals surface area (Å²) in [5.74, 6) is -0.846. The lowest BCUT2D eigenvalue weighted by Crippen LogP contribution is -2.35. The van der Waals surface area contributed by atoms with Gasteiger partial charge in [0.2, 0.25) is 0 Å². The van der Waals surface area contributed by atoms with Crippen LogP contribution in [0.1, 0.15) is 10.4 Å². The number of hydrogen-bond donors (Lipinski definition) is 4. The minimum absolute atomic E-state index is 0. The van der Waals surface area contributed by atoms with Crippen molar-refractivity contribution in [3.05, 3.63) is 60.2 Å². The van der Waals surface area contributed by atoms with Gasteiger partial charge in [-0.3, -0.25) is 15.5 Å². The van der Waals surface area contributed by atoms with E-state index in [0.717, 1.165) is 0 Å². The molecule has 1 amide bonds. The highest BCUT2D eigenvalue weighted by Crippen LogP contribution is 2.30. The van der Waals surface area contributed by atoms with Crippen LogP contribution >= 0.6 is 12.4 Å². The Morgan fingerprint density at radius 2 is 1.79 bits per heavy atom. The molecule has 3 rings (SSSR count). The number of halogens is 1. The predicted molar refractivity (Wildman–Crippen MR) is 95.5 cm³/mol. The van der Waals surface area contributed by atoms with Gasteiger partial charge in [0.05, 0.1) is 16.8 Å². The summed E-state index contributed by atoms with van der Waals surface area (Å²) in [7, 11) is 0. The van der Waals surface area contributed by atoms with Crippen molar-refractivity contribution in [3.8, 4) is 17.0 Å². The lowest BCUT2D eigenvalue weighted by molar-refractivity contribution is 0.0978. The molecule has 6 nitrogen and oxygen atoms in total. The zero-order valence-corrected chi connectivity index (χ0v) is 13.3. The summed E-state index contributed by atoms with van der Waals surface area (Å²) >= 11 is 0. The highest BCUT2D eigenvalue weighted by atomic mass is 35.5. The van der Waals surface area contributed by atoms with Gasteiger partial charge in [0.15, 0.2) is 5.96 Å². The SMILES string of the molecule is Cl.N=C(N)NC(=O)c1cc(-c2ccccc2O)nc2ccccc12. The fourth-order valence-corrected chi connectivity index (χ4v) is 2.38. The molecule has 5 N–H and O–H groups in total. The van der Waals surface area contributed by atoms with E-state index in [1.54, 1.807) is 48.5 Å². The Morgan fingerprint density at radius 1 is 1.12 bits per heavy atom. The average molecular weight is 343 g/mol. The maximum Gasteiger partial charge on any atom is 0.258 e. The van der Waals surface area contributed by atoms with Gasteiger partial charge >= 0.3 is 0 Å². The molecule has 0 atom stereocenters. The van der Waals surface area contributed by atoms with Crippen molar-refractivity contribution in [1.29, 1.82) is 5.41 Å². The van der Waals surface area contributed by atoms with Crippen molar-refractivity contribution in [2.45, 2.75) is 0 Å². The number of benzene rings is 2. The monoisotopic (exact) mass is 342 g/mol. The van der Waals surface area contributed by atoms with Gasteiger partial charge in [0, 0.05) is 10.9 Å². The second-order valence-corrected chi connectivity index (χ2v) is 4.96. The second kappa shape index (κ2) is 6.97. The van der Waals surface area contributed by atoms with Crippen LogP contribution in [0.2, 0.25) is 0 Å². The van der Waals surface area contributed by atoms with Gasteiger partial charge in [0.1, 0.15) is 5.75 Å². The lowest BCUT2D eigenvalue weighted by Gasteiger charge is -2.10. The van der Waals surface area contributed by atoms with E-state index in [-0.39, 0.29) is 18.2 Å². The lowest BCUT2D eigenvalue weighted by atomic mass is 10.0. The van der Waals surface area contributed by atoms with Crippen molar-refractivity contribution in [3.63, 3.8) is 0 Å². The number of phenols is 1. The van der Waals surface area contributed by atoms with Crippen LogP contribution < -0.4 is 11.1 Å². The van der Waals surface area contributed by atoms with Crippen molar-refractivity contribution >= 4 is 35.2 Å². The van der Waals surface area contributed by atoms with E-state index in [2.05, 4.69) is 10.3 Å².